The summed E-state index contributed by atoms with van der Waals surface area (Å²) in [4.78, 5) is 41.4. The molecule has 1 aliphatic carbocycles. The number of carbonyl (C=O) groups excluding carboxylic acids is 2. The van der Waals surface area contributed by atoms with Crippen LogP contribution in [0.4, 0.5) is 10.6 Å². The van der Waals surface area contributed by atoms with Crippen LogP contribution in [0.5, 0.6) is 0 Å². The molecule has 0 radical (unpaired) electrons. The Kier molecular flexibility index (Phi) is 8.43. The first-order chi connectivity index (χ1) is 16.9. The molecule has 2 fully saturated rings. The van der Waals surface area contributed by atoms with E-state index >= 15 is 0 Å². The molecule has 1 saturated carbocycles. The van der Waals surface area contributed by atoms with E-state index in [1.165, 1.54) is 12.5 Å². The van der Waals surface area contributed by atoms with Crippen LogP contribution in [0.2, 0.25) is 0 Å². The molecule has 4 rings (SSSR count). The Morgan fingerprint density at radius 1 is 1.29 bits per heavy atom. The van der Waals surface area contributed by atoms with Gasteiger partial charge in [-0.2, -0.15) is 0 Å². The first-order valence-electron chi connectivity index (χ1n) is 12.7. The lowest BCUT2D eigenvalue weighted by Crippen LogP contribution is -2.43. The minimum Gasteiger partial charge on any atom is -0.480 e. The zero-order valence-electron chi connectivity index (χ0n) is 20.3. The molecule has 3 N–H and O–H groups in total. The number of carbonyl (C=O) groups is 3. The summed E-state index contributed by atoms with van der Waals surface area (Å²) >= 11 is 0. The third kappa shape index (κ3) is 7.06. The number of nitrogens with one attached hydrogen (secondary N) is 2. The van der Waals surface area contributed by atoms with Gasteiger partial charge in [-0.1, -0.05) is 6.07 Å². The van der Waals surface area contributed by atoms with Crippen LogP contribution >= 0.6 is 0 Å². The van der Waals surface area contributed by atoms with Gasteiger partial charge in [0.05, 0.1) is 12.6 Å². The summed E-state index contributed by atoms with van der Waals surface area (Å²) in [6.45, 7) is 3.59. The second kappa shape index (κ2) is 11.7. The van der Waals surface area contributed by atoms with Crippen LogP contribution in [0.1, 0.15) is 56.7 Å². The molecule has 3 heterocycles. The minimum atomic E-state index is -1.12. The molecule has 2 atom stereocenters. The highest BCUT2D eigenvalue weighted by atomic mass is 16.6. The normalized spacial score (nSPS) is 24.0. The van der Waals surface area contributed by atoms with Gasteiger partial charge in [0.2, 0.25) is 5.91 Å². The lowest BCUT2D eigenvalue weighted by molar-refractivity contribution is -0.140. The van der Waals surface area contributed by atoms with Crippen molar-refractivity contribution < 1.29 is 29.0 Å². The predicted octanol–water partition coefficient (Wildman–Crippen LogP) is 2.36. The van der Waals surface area contributed by atoms with Gasteiger partial charge in [0.25, 0.3) is 0 Å². The van der Waals surface area contributed by atoms with Crippen molar-refractivity contribution in [3.63, 3.8) is 0 Å². The number of anilines is 1. The van der Waals surface area contributed by atoms with E-state index in [1.54, 1.807) is 4.90 Å². The fourth-order valence-electron chi connectivity index (χ4n) is 4.95. The van der Waals surface area contributed by atoms with E-state index in [9.17, 15) is 19.5 Å². The second-order valence-corrected chi connectivity index (χ2v) is 9.81. The monoisotopic (exact) mass is 488 g/mol. The molecule has 192 valence electrons. The molecule has 10 nitrogen and oxygen atoms in total. The van der Waals surface area contributed by atoms with Crippen LogP contribution in [0, 0.1) is 5.92 Å². The van der Waals surface area contributed by atoms with Gasteiger partial charge in [-0.15, -0.1) is 0 Å². The van der Waals surface area contributed by atoms with Crippen molar-refractivity contribution in [2.75, 3.05) is 31.6 Å². The second-order valence-electron chi connectivity index (χ2n) is 9.81. The summed E-state index contributed by atoms with van der Waals surface area (Å²) in [7, 11) is 0. The maximum Gasteiger partial charge on any atom is 0.408 e. The van der Waals surface area contributed by atoms with Crippen molar-refractivity contribution in [1.82, 2.24) is 15.2 Å². The Balaban J connectivity index is 1.10. The Hall–Kier alpha value is -2.88. The number of hydrogen-bond donors (Lipinski definition) is 3. The molecule has 1 saturated heterocycles. The average Bonchev–Trinajstić information content (AvgIpc) is 3.27. The number of aryl methyl sites for hydroxylation is 2. The largest absolute Gasteiger partial charge is 0.480 e. The summed E-state index contributed by atoms with van der Waals surface area (Å²) in [5, 5.41) is 15.2. The highest BCUT2D eigenvalue weighted by molar-refractivity contribution is 5.80. The number of likely N-dealkylation sites (tertiary alicyclic amines) is 1. The standard InChI is InChI=1S/C25H36N4O6/c1-16(30)29-11-8-20(15-29)35-25(33)28-22(24(31)32)9-12-34-21-13-17(14-21)4-6-19-7-5-18-3-2-10-26-23(18)27-19/h5,7,17,20-22H,2-4,6,8-15H2,1H3,(H,26,27)(H,28,33)(H,31,32)/t17?,20-,21?,22+/m1/s1. The maximum absolute atomic E-state index is 12.1. The third-order valence-corrected chi connectivity index (χ3v) is 7.17. The van der Waals surface area contributed by atoms with Gasteiger partial charge in [-0.05, 0) is 56.1 Å². The summed E-state index contributed by atoms with van der Waals surface area (Å²) in [5.41, 5.74) is 2.43. The quantitative estimate of drug-likeness (QED) is 0.458. The molecule has 0 bridgehead atoms. The number of amides is 2. The molecule has 1 aromatic rings. The number of aliphatic carboxylic acids is 1. The minimum absolute atomic E-state index is 0.0668. The van der Waals surface area contributed by atoms with Crippen LogP contribution in [-0.4, -0.2) is 77.5 Å². The zero-order chi connectivity index (χ0) is 24.8. The number of fused-ring (bicyclic) bond motifs is 1. The Labute approximate surface area is 205 Å². The Morgan fingerprint density at radius 3 is 2.86 bits per heavy atom. The maximum atomic E-state index is 12.1. The summed E-state index contributed by atoms with van der Waals surface area (Å²) in [6.07, 6.45) is 5.86. The van der Waals surface area contributed by atoms with Crippen molar-refractivity contribution in [2.24, 2.45) is 5.92 Å². The van der Waals surface area contributed by atoms with E-state index in [4.69, 9.17) is 14.5 Å². The molecule has 0 spiro atoms. The predicted molar refractivity (Wildman–Crippen MR) is 128 cm³/mol. The zero-order valence-corrected chi connectivity index (χ0v) is 20.3. The van der Waals surface area contributed by atoms with Crippen LogP contribution in [0.15, 0.2) is 12.1 Å². The van der Waals surface area contributed by atoms with Crippen molar-refractivity contribution in [1.29, 1.82) is 0 Å². The SMILES string of the molecule is CC(=O)N1CC[C@@H](OC(=O)N[C@@H](CCOC2CC(CCc3ccc4c(n3)NCCC4)C2)C(=O)O)C1. The van der Waals surface area contributed by atoms with Gasteiger partial charge in [-0.3, -0.25) is 4.79 Å². The van der Waals surface area contributed by atoms with E-state index in [0.29, 0.717) is 25.4 Å². The number of nitrogens with zero attached hydrogens (tertiary/aromatic N) is 2. The molecule has 35 heavy (non-hydrogen) atoms. The number of ether oxygens (including phenoxy) is 2. The topological polar surface area (TPSA) is 130 Å². The summed E-state index contributed by atoms with van der Waals surface area (Å²) < 4.78 is 11.1. The number of alkyl carbamates (subject to hydrolysis) is 1. The van der Waals surface area contributed by atoms with Gasteiger partial charge in [0, 0.05) is 45.2 Å². The first-order valence-corrected chi connectivity index (χ1v) is 12.7. The van der Waals surface area contributed by atoms with Gasteiger partial charge in [0.1, 0.15) is 18.0 Å². The number of aromatic nitrogens is 1. The van der Waals surface area contributed by atoms with Gasteiger partial charge >= 0.3 is 12.1 Å². The van der Waals surface area contributed by atoms with Crippen molar-refractivity contribution in [3.05, 3.63) is 23.4 Å². The molecule has 0 aromatic carbocycles. The third-order valence-electron chi connectivity index (χ3n) is 7.17. The molecule has 2 aliphatic heterocycles. The van der Waals surface area contributed by atoms with Crippen LogP contribution < -0.4 is 10.6 Å². The smallest absolute Gasteiger partial charge is 0.408 e. The lowest BCUT2D eigenvalue weighted by Gasteiger charge is -2.35. The highest BCUT2D eigenvalue weighted by Crippen LogP contribution is 2.34. The fraction of sp³-hybridized carbons (Fsp3) is 0.680. The van der Waals surface area contributed by atoms with Crippen LogP contribution in [0.3, 0.4) is 0 Å². The molecule has 0 unspecified atom stereocenters. The van der Waals surface area contributed by atoms with Crippen LogP contribution in [0.25, 0.3) is 0 Å². The molecule has 1 aromatic heterocycles. The average molecular weight is 489 g/mol. The van der Waals surface area contributed by atoms with Crippen molar-refractivity contribution in [3.8, 4) is 0 Å². The first kappa shape index (κ1) is 25.2. The van der Waals surface area contributed by atoms with E-state index in [-0.39, 0.29) is 25.0 Å². The number of hydrogen-bond acceptors (Lipinski definition) is 7. The molecule has 3 aliphatic rings. The lowest BCUT2D eigenvalue weighted by atomic mass is 9.79. The summed E-state index contributed by atoms with van der Waals surface area (Å²) in [5.74, 6) is 0.439. The summed E-state index contributed by atoms with van der Waals surface area (Å²) in [6, 6.07) is 3.25. The molecule has 10 heteroatoms. The number of rotatable bonds is 10. The van der Waals surface area contributed by atoms with Gasteiger partial charge in [-0.25, -0.2) is 14.6 Å². The van der Waals surface area contributed by atoms with E-state index in [0.717, 1.165) is 56.6 Å². The van der Waals surface area contributed by atoms with E-state index in [1.807, 2.05) is 0 Å². The van der Waals surface area contributed by atoms with Crippen molar-refractivity contribution in [2.45, 2.75) is 76.5 Å². The van der Waals surface area contributed by atoms with Gasteiger partial charge < -0.3 is 30.1 Å². The Bertz CT molecular complexity index is 919. The highest BCUT2D eigenvalue weighted by Gasteiger charge is 2.31. The number of pyridine rings is 1. The van der Waals surface area contributed by atoms with E-state index in [2.05, 4.69) is 22.8 Å². The molecule has 2 amide bonds. The molecular formula is C25H36N4O6. The fourth-order valence-corrected chi connectivity index (χ4v) is 4.95. The van der Waals surface area contributed by atoms with Crippen molar-refractivity contribution >= 4 is 23.8 Å². The Morgan fingerprint density at radius 2 is 2.11 bits per heavy atom. The van der Waals surface area contributed by atoms with Gasteiger partial charge in [0.15, 0.2) is 0 Å². The van der Waals surface area contributed by atoms with Crippen LogP contribution in [-0.2, 0) is 31.9 Å². The number of carboxylic acid groups (broad SMARTS) is 1. The number of carboxylic acids is 1. The molecular weight excluding hydrogens is 452 g/mol. The van der Waals surface area contributed by atoms with E-state index < -0.39 is 24.2 Å².